The van der Waals surface area contributed by atoms with Gasteiger partial charge in [0, 0.05) is 25.7 Å². The zero-order valence-electron chi connectivity index (χ0n) is 13.6. The van der Waals surface area contributed by atoms with Crippen LogP contribution in [0.2, 0.25) is 0 Å². The van der Waals surface area contributed by atoms with Crippen molar-refractivity contribution in [2.75, 3.05) is 7.05 Å². The number of aryl methyl sites for hydroxylation is 2. The summed E-state index contributed by atoms with van der Waals surface area (Å²) in [6.07, 6.45) is 4.41. The number of carbonyl (C=O) groups is 1. The molecule has 0 aromatic carbocycles. The van der Waals surface area contributed by atoms with Crippen LogP contribution in [0.25, 0.3) is 0 Å². The molecule has 0 aliphatic heterocycles. The summed E-state index contributed by atoms with van der Waals surface area (Å²) in [5.74, 6) is 0.659. The number of nitrogens with zero attached hydrogens (tertiary/aromatic N) is 4. The molecule has 2 aromatic rings. The highest BCUT2D eigenvalue weighted by molar-refractivity contribution is 5.95. The van der Waals surface area contributed by atoms with Gasteiger partial charge in [0.25, 0.3) is 11.5 Å². The molecule has 1 fully saturated rings. The van der Waals surface area contributed by atoms with Gasteiger partial charge in [-0.2, -0.15) is 4.98 Å². The molecule has 0 bridgehead atoms. The first-order valence-corrected chi connectivity index (χ1v) is 7.80. The zero-order valence-corrected chi connectivity index (χ0v) is 13.6. The lowest BCUT2D eigenvalue weighted by molar-refractivity contribution is 0.0777. The number of pyridine rings is 1. The number of rotatable bonds is 5. The SMILES string of the molecule is CCc1nc(CN(C)C(=O)c2c(C)ccn(C3CC3)c2=O)no1. The summed E-state index contributed by atoms with van der Waals surface area (Å²) in [5, 5.41) is 3.84. The molecule has 122 valence electrons. The molecule has 0 spiro atoms. The first-order valence-electron chi connectivity index (χ1n) is 7.80. The van der Waals surface area contributed by atoms with Crippen LogP contribution in [-0.2, 0) is 13.0 Å². The van der Waals surface area contributed by atoms with Crippen molar-refractivity contribution in [2.45, 2.75) is 45.7 Å². The average molecular weight is 316 g/mol. The summed E-state index contributed by atoms with van der Waals surface area (Å²) >= 11 is 0. The minimum Gasteiger partial charge on any atom is -0.339 e. The van der Waals surface area contributed by atoms with Crippen LogP contribution in [0.3, 0.4) is 0 Å². The van der Waals surface area contributed by atoms with E-state index in [0.29, 0.717) is 23.7 Å². The van der Waals surface area contributed by atoms with Crippen LogP contribution in [0.5, 0.6) is 0 Å². The fourth-order valence-corrected chi connectivity index (χ4v) is 2.51. The largest absolute Gasteiger partial charge is 0.339 e. The Balaban J connectivity index is 1.84. The van der Waals surface area contributed by atoms with Crippen molar-refractivity contribution in [3.05, 3.63) is 45.5 Å². The lowest BCUT2D eigenvalue weighted by Gasteiger charge is -2.17. The molecule has 0 saturated heterocycles. The molecule has 0 atom stereocenters. The van der Waals surface area contributed by atoms with E-state index in [0.717, 1.165) is 12.8 Å². The van der Waals surface area contributed by atoms with Gasteiger partial charge in [-0.1, -0.05) is 12.1 Å². The van der Waals surface area contributed by atoms with E-state index in [-0.39, 0.29) is 29.6 Å². The van der Waals surface area contributed by atoms with E-state index in [9.17, 15) is 9.59 Å². The van der Waals surface area contributed by atoms with E-state index in [2.05, 4.69) is 10.1 Å². The summed E-state index contributed by atoms with van der Waals surface area (Å²) in [4.78, 5) is 30.9. The Labute approximate surface area is 133 Å². The molecular weight excluding hydrogens is 296 g/mol. The molecule has 7 heteroatoms. The van der Waals surface area contributed by atoms with Gasteiger partial charge in [0.05, 0.1) is 6.54 Å². The number of hydrogen-bond donors (Lipinski definition) is 0. The third-order valence-electron chi connectivity index (χ3n) is 4.02. The zero-order chi connectivity index (χ0) is 16.6. The van der Waals surface area contributed by atoms with Crippen molar-refractivity contribution < 1.29 is 9.32 Å². The van der Waals surface area contributed by atoms with E-state index in [4.69, 9.17) is 4.52 Å². The summed E-state index contributed by atoms with van der Waals surface area (Å²) in [5.41, 5.74) is 0.693. The lowest BCUT2D eigenvalue weighted by Crippen LogP contribution is -2.35. The van der Waals surface area contributed by atoms with Gasteiger partial charge in [-0.3, -0.25) is 9.59 Å². The van der Waals surface area contributed by atoms with E-state index in [1.807, 2.05) is 13.0 Å². The van der Waals surface area contributed by atoms with Crippen molar-refractivity contribution in [3.8, 4) is 0 Å². The van der Waals surface area contributed by atoms with Gasteiger partial charge in [-0.25, -0.2) is 0 Å². The molecule has 0 N–H and O–H groups in total. The predicted molar refractivity (Wildman–Crippen MR) is 83.2 cm³/mol. The smallest absolute Gasteiger partial charge is 0.263 e. The fourth-order valence-electron chi connectivity index (χ4n) is 2.51. The second kappa shape index (κ2) is 5.98. The second-order valence-electron chi connectivity index (χ2n) is 5.94. The molecule has 1 amide bonds. The lowest BCUT2D eigenvalue weighted by atomic mass is 10.1. The predicted octanol–water partition coefficient (Wildman–Crippen LogP) is 1.71. The Kier molecular flexibility index (Phi) is 4.02. The Morgan fingerprint density at radius 3 is 2.83 bits per heavy atom. The van der Waals surface area contributed by atoms with E-state index < -0.39 is 0 Å². The third-order valence-corrected chi connectivity index (χ3v) is 4.02. The van der Waals surface area contributed by atoms with Crippen molar-refractivity contribution in [1.29, 1.82) is 0 Å². The van der Waals surface area contributed by atoms with Gasteiger partial charge in [0.2, 0.25) is 5.89 Å². The molecule has 2 aromatic heterocycles. The first kappa shape index (κ1) is 15.5. The molecule has 1 saturated carbocycles. The number of hydrogen-bond acceptors (Lipinski definition) is 5. The summed E-state index contributed by atoms with van der Waals surface area (Å²) in [6, 6.07) is 2.06. The first-order chi connectivity index (χ1) is 11.0. The van der Waals surface area contributed by atoms with Crippen molar-refractivity contribution in [3.63, 3.8) is 0 Å². The van der Waals surface area contributed by atoms with Crippen LogP contribution < -0.4 is 5.56 Å². The van der Waals surface area contributed by atoms with E-state index in [1.165, 1.54) is 4.90 Å². The van der Waals surface area contributed by atoms with Crippen LogP contribution in [0.15, 0.2) is 21.6 Å². The van der Waals surface area contributed by atoms with E-state index >= 15 is 0 Å². The standard InChI is InChI=1S/C16H20N4O3/c1-4-13-17-12(18-23-13)9-19(3)15(21)14-10(2)7-8-20(16(14)22)11-5-6-11/h7-8,11H,4-6,9H2,1-3H3. The summed E-state index contributed by atoms with van der Waals surface area (Å²) in [6.45, 7) is 3.91. The third kappa shape index (κ3) is 3.04. The average Bonchev–Trinajstić information content (AvgIpc) is 3.26. The number of carbonyl (C=O) groups excluding carboxylic acids is 1. The van der Waals surface area contributed by atoms with Crippen LogP contribution in [0.4, 0.5) is 0 Å². The van der Waals surface area contributed by atoms with Crippen LogP contribution in [-0.4, -0.2) is 32.6 Å². The molecule has 2 heterocycles. The topological polar surface area (TPSA) is 81.2 Å². The number of aromatic nitrogens is 3. The van der Waals surface area contributed by atoms with Crippen LogP contribution in [0, 0.1) is 6.92 Å². The van der Waals surface area contributed by atoms with Gasteiger partial charge in [0.1, 0.15) is 5.56 Å². The highest BCUT2D eigenvalue weighted by Gasteiger charge is 2.28. The van der Waals surface area contributed by atoms with Crippen molar-refractivity contribution >= 4 is 5.91 Å². The van der Waals surface area contributed by atoms with Crippen LogP contribution >= 0.6 is 0 Å². The minimum atomic E-state index is -0.314. The maximum atomic E-state index is 12.7. The molecule has 23 heavy (non-hydrogen) atoms. The van der Waals surface area contributed by atoms with Crippen molar-refractivity contribution in [1.82, 2.24) is 19.6 Å². The molecule has 7 nitrogen and oxygen atoms in total. The van der Waals surface area contributed by atoms with Gasteiger partial charge in [-0.05, 0) is 31.4 Å². The Bertz CT molecular complexity index is 789. The van der Waals surface area contributed by atoms with Gasteiger partial charge >= 0.3 is 0 Å². The quantitative estimate of drug-likeness (QED) is 0.839. The molecular formula is C16H20N4O3. The Hall–Kier alpha value is -2.44. The highest BCUT2D eigenvalue weighted by atomic mass is 16.5. The minimum absolute atomic E-state index is 0.208. The summed E-state index contributed by atoms with van der Waals surface area (Å²) < 4.78 is 6.71. The molecule has 1 aliphatic rings. The monoisotopic (exact) mass is 316 g/mol. The van der Waals surface area contributed by atoms with Gasteiger partial charge in [-0.15, -0.1) is 0 Å². The van der Waals surface area contributed by atoms with Gasteiger partial charge in [0.15, 0.2) is 5.82 Å². The second-order valence-corrected chi connectivity index (χ2v) is 5.94. The molecule has 1 aliphatic carbocycles. The normalized spacial score (nSPS) is 14.0. The molecule has 3 rings (SSSR count). The number of amides is 1. The van der Waals surface area contributed by atoms with Crippen LogP contribution in [0.1, 0.15) is 53.4 Å². The highest BCUT2D eigenvalue weighted by Crippen LogP contribution is 2.33. The molecule has 0 radical (unpaired) electrons. The Morgan fingerprint density at radius 2 is 2.22 bits per heavy atom. The summed E-state index contributed by atoms with van der Waals surface area (Å²) in [7, 11) is 1.64. The van der Waals surface area contributed by atoms with E-state index in [1.54, 1.807) is 24.7 Å². The fraction of sp³-hybridized carbons (Fsp3) is 0.500. The maximum Gasteiger partial charge on any atom is 0.263 e. The maximum absolute atomic E-state index is 12.7. The van der Waals surface area contributed by atoms with Gasteiger partial charge < -0.3 is 14.0 Å². The van der Waals surface area contributed by atoms with Crippen molar-refractivity contribution in [2.24, 2.45) is 0 Å². The Morgan fingerprint density at radius 1 is 1.48 bits per heavy atom. The molecule has 0 unspecified atom stereocenters.